The van der Waals surface area contributed by atoms with Gasteiger partial charge in [-0.2, -0.15) is 0 Å². The highest BCUT2D eigenvalue weighted by Crippen LogP contribution is 2.38. The number of nitrogens with two attached hydrogens (primary N) is 1. The molecule has 16 heteroatoms. The quantitative estimate of drug-likeness (QED) is 0.0562. The van der Waals surface area contributed by atoms with E-state index in [-0.39, 0.29) is 40.6 Å². The first-order chi connectivity index (χ1) is 23.7. The van der Waals surface area contributed by atoms with E-state index in [0.29, 0.717) is 29.4 Å². The number of sulfonamides is 1. The van der Waals surface area contributed by atoms with Crippen molar-refractivity contribution in [1.29, 1.82) is 0 Å². The predicted molar refractivity (Wildman–Crippen MR) is 204 cm³/mol. The number of nitrogens with zero attached hydrogens (tertiary/aromatic N) is 1. The number of nitro benzene ring substituents is 1. The Hall–Kier alpha value is -4.44. The summed E-state index contributed by atoms with van der Waals surface area (Å²) in [4.78, 5) is 32.6. The highest BCUT2D eigenvalue weighted by atomic mass is 35.5. The molecule has 0 bridgehead atoms. The van der Waals surface area contributed by atoms with Crippen molar-refractivity contribution in [1.82, 2.24) is 26.0 Å². The van der Waals surface area contributed by atoms with Crippen LogP contribution >= 0.6 is 22.9 Å². The van der Waals surface area contributed by atoms with Crippen LogP contribution in [-0.2, 0) is 23.1 Å². The van der Waals surface area contributed by atoms with Gasteiger partial charge in [0, 0.05) is 52.6 Å². The molecule has 0 unspecified atom stereocenters. The number of nitro groups is 1. The van der Waals surface area contributed by atoms with Crippen LogP contribution in [0.5, 0.6) is 0 Å². The summed E-state index contributed by atoms with van der Waals surface area (Å²) < 4.78 is 27.7. The number of para-hydroxylation sites is 2. The van der Waals surface area contributed by atoms with Crippen molar-refractivity contribution in [2.75, 3.05) is 12.3 Å². The van der Waals surface area contributed by atoms with E-state index in [9.17, 15) is 28.1 Å². The van der Waals surface area contributed by atoms with E-state index in [0.717, 1.165) is 15.6 Å². The summed E-state index contributed by atoms with van der Waals surface area (Å²) in [5, 5.41) is 22.3. The molecule has 274 valence electrons. The van der Waals surface area contributed by atoms with Gasteiger partial charge in [-0.25, -0.2) is 22.7 Å². The number of thiophene rings is 1. The molecule has 3 aromatic carbocycles. The zero-order valence-electron chi connectivity index (χ0n) is 29.4. The molecule has 0 saturated carbocycles. The average Bonchev–Trinajstić information content (AvgIpc) is 3.41. The summed E-state index contributed by atoms with van der Waals surface area (Å²) in [5.41, 5.74) is 7.86. The Balaban J connectivity index is 0.000000366. The van der Waals surface area contributed by atoms with Crippen LogP contribution in [0.15, 0.2) is 77.0 Å². The number of hydrogen-bond donors (Lipinski definition) is 6. The van der Waals surface area contributed by atoms with Gasteiger partial charge in [-0.1, -0.05) is 80.0 Å². The number of hydrogen-bond acceptors (Lipinski definition) is 8. The average molecular weight is 750 g/mol. The summed E-state index contributed by atoms with van der Waals surface area (Å²) >= 11 is 7.31. The molecule has 0 aliphatic rings. The first-order valence-electron chi connectivity index (χ1n) is 16.0. The lowest BCUT2D eigenvalue weighted by atomic mass is 10.2. The van der Waals surface area contributed by atoms with Crippen LogP contribution in [0, 0.1) is 10.1 Å². The maximum absolute atomic E-state index is 12.0. The van der Waals surface area contributed by atoms with Crippen LogP contribution in [0.4, 0.5) is 21.0 Å². The van der Waals surface area contributed by atoms with Gasteiger partial charge in [0.2, 0.25) is 0 Å². The van der Waals surface area contributed by atoms with Gasteiger partial charge in [0.1, 0.15) is 0 Å². The summed E-state index contributed by atoms with van der Waals surface area (Å²) in [6.45, 7) is 14.3. The van der Waals surface area contributed by atoms with Gasteiger partial charge in [0.15, 0.2) is 4.21 Å². The number of amides is 4. The lowest BCUT2D eigenvalue weighted by Gasteiger charge is -2.11. The Morgan fingerprint density at radius 3 is 1.94 bits per heavy atom. The molecule has 4 amide bonds. The highest BCUT2D eigenvalue weighted by molar-refractivity contribution is 7.92. The Morgan fingerprint density at radius 2 is 1.38 bits per heavy atom. The van der Waals surface area contributed by atoms with Crippen molar-refractivity contribution >= 4 is 66.5 Å². The number of rotatable bonds is 10. The van der Waals surface area contributed by atoms with Crippen LogP contribution < -0.4 is 31.7 Å². The van der Waals surface area contributed by atoms with Crippen molar-refractivity contribution in [2.24, 2.45) is 0 Å². The van der Waals surface area contributed by atoms with Crippen molar-refractivity contribution in [3.63, 3.8) is 0 Å². The molecular weight excluding hydrogens is 702 g/mol. The Kier molecular flexibility index (Phi) is 19.4. The fourth-order valence-corrected chi connectivity index (χ4v) is 7.34. The maximum atomic E-state index is 12.0. The van der Waals surface area contributed by atoms with Crippen LogP contribution in [0.3, 0.4) is 0 Å². The van der Waals surface area contributed by atoms with Crippen LogP contribution in [0.25, 0.3) is 10.1 Å². The summed E-state index contributed by atoms with van der Waals surface area (Å²) in [5.74, 6) is 0. The van der Waals surface area contributed by atoms with Gasteiger partial charge in [-0.05, 0) is 52.3 Å². The minimum absolute atomic E-state index is 0.0132. The number of halogens is 1. The molecule has 0 atom stereocenters. The summed E-state index contributed by atoms with van der Waals surface area (Å²) in [6, 6.07) is 20.7. The fraction of sp³-hybridized carbons (Fsp3) is 0.353. The van der Waals surface area contributed by atoms with Crippen molar-refractivity contribution < 1.29 is 22.9 Å². The first kappa shape index (κ1) is 43.6. The molecule has 50 heavy (non-hydrogen) atoms. The molecule has 0 spiro atoms. The van der Waals surface area contributed by atoms with E-state index >= 15 is 0 Å². The lowest BCUT2D eigenvalue weighted by Crippen LogP contribution is -2.39. The summed E-state index contributed by atoms with van der Waals surface area (Å²) in [7, 11) is -3.52. The third-order valence-corrected chi connectivity index (χ3v) is 9.98. The van der Waals surface area contributed by atoms with Gasteiger partial charge >= 0.3 is 12.1 Å². The number of nitrogens with one attached hydrogen (secondary N) is 5. The molecule has 0 fully saturated rings. The third-order valence-electron chi connectivity index (χ3n) is 6.02. The number of urea groups is 2. The topological polar surface area (TPSA) is 198 Å². The number of anilines is 1. The summed E-state index contributed by atoms with van der Waals surface area (Å²) in [6.07, 6.45) is 0. The molecular formula is C34H48ClN7O6S2. The predicted octanol–water partition coefficient (Wildman–Crippen LogP) is 7.16. The van der Waals surface area contributed by atoms with Crippen molar-refractivity contribution in [2.45, 2.75) is 77.8 Å². The smallest absolute Gasteiger partial charge is 0.315 e. The second kappa shape index (κ2) is 22.3. The molecule has 0 aliphatic carbocycles. The Bertz CT molecular complexity index is 1780. The standard InChI is InChI=1S/C11H12ClNO2S2.C11H17N3O.C10H13N3O3.C2H6/c1-7(2)13-17(14,15)11-10(12)8-5-3-4-6-9(8)16-11;1-8(2)14-11(15)13-7-9-5-3-4-6-10(9)12;1-2-11-10(14)12-7-8-5-3-4-6-9(8)13(15)16;1-2/h3-7,13H,1-2H3;3-6,8H,7,12H2,1-2H3,(H2,13,14,15);3-6H,2,7H2,1H3,(H2,11,12,14);1-2H3. The van der Waals surface area contributed by atoms with Crippen LogP contribution in [0.2, 0.25) is 5.02 Å². The molecule has 1 heterocycles. The third kappa shape index (κ3) is 15.0. The van der Waals surface area contributed by atoms with Crippen LogP contribution in [-0.4, -0.2) is 44.0 Å². The largest absolute Gasteiger partial charge is 0.398 e. The van der Waals surface area contributed by atoms with E-state index in [1.165, 1.54) is 17.4 Å². The van der Waals surface area contributed by atoms with Crippen molar-refractivity contribution in [3.05, 3.63) is 99.1 Å². The van der Waals surface area contributed by atoms with E-state index in [4.69, 9.17) is 17.3 Å². The van der Waals surface area contributed by atoms with E-state index < -0.39 is 14.9 Å². The maximum Gasteiger partial charge on any atom is 0.315 e. The molecule has 1 aromatic heterocycles. The van der Waals surface area contributed by atoms with E-state index in [2.05, 4.69) is 26.0 Å². The van der Waals surface area contributed by atoms with Gasteiger partial charge < -0.3 is 27.0 Å². The first-order valence-corrected chi connectivity index (χ1v) is 18.6. The SMILES string of the molecule is CC.CC(C)NC(=O)NCc1ccccc1N.CC(C)NS(=O)(=O)c1sc2ccccc2c1Cl.CCNC(=O)NCc1ccccc1[N+](=O)[O-]. The molecule has 4 aromatic rings. The zero-order valence-corrected chi connectivity index (χ0v) is 31.8. The molecule has 4 rings (SSSR count). The molecule has 13 nitrogen and oxygen atoms in total. The molecule has 0 radical (unpaired) electrons. The number of nitrogen functional groups attached to an aromatic ring is 1. The van der Waals surface area contributed by atoms with Gasteiger partial charge in [-0.3, -0.25) is 10.1 Å². The van der Waals surface area contributed by atoms with E-state index in [1.54, 1.807) is 39.0 Å². The number of carbonyl (C=O) groups excluding carboxylic acids is 2. The highest BCUT2D eigenvalue weighted by Gasteiger charge is 2.23. The van der Waals surface area contributed by atoms with Gasteiger partial charge in [0.25, 0.3) is 15.7 Å². The van der Waals surface area contributed by atoms with E-state index in [1.807, 2.05) is 76.2 Å². The van der Waals surface area contributed by atoms with Crippen molar-refractivity contribution in [3.8, 4) is 0 Å². The molecule has 7 N–H and O–H groups in total. The number of carbonyl (C=O) groups is 2. The minimum Gasteiger partial charge on any atom is -0.398 e. The van der Waals surface area contributed by atoms with Gasteiger partial charge in [-0.15, -0.1) is 11.3 Å². The molecule has 0 aliphatic heterocycles. The normalized spacial score (nSPS) is 10.4. The fourth-order valence-electron chi connectivity index (χ4n) is 3.95. The zero-order chi connectivity index (χ0) is 37.9. The Morgan fingerprint density at radius 1 is 0.840 bits per heavy atom. The second-order valence-electron chi connectivity index (χ2n) is 10.8. The lowest BCUT2D eigenvalue weighted by molar-refractivity contribution is -0.385. The minimum atomic E-state index is -3.52. The van der Waals surface area contributed by atoms with Gasteiger partial charge in [0.05, 0.1) is 16.5 Å². The Labute approximate surface area is 303 Å². The second-order valence-corrected chi connectivity index (χ2v) is 14.1. The monoisotopic (exact) mass is 749 g/mol. The number of fused-ring (bicyclic) bond motifs is 1. The number of benzene rings is 3. The molecule has 0 saturated heterocycles. The van der Waals surface area contributed by atoms with Crippen LogP contribution in [0.1, 0.15) is 59.6 Å².